The quantitative estimate of drug-likeness (QED) is 0.334. The third-order valence-electron chi connectivity index (χ3n) is 1.39. The van der Waals surface area contributed by atoms with E-state index < -0.39 is 0 Å². The second kappa shape index (κ2) is 5.99. The molecule has 0 radical (unpaired) electrons. The highest BCUT2D eigenvalue weighted by atomic mass is 79.9. The monoisotopic (exact) mass is 251 g/mol. The molecule has 78 valence electrons. The van der Waals surface area contributed by atoms with Crippen molar-refractivity contribution in [1.29, 1.82) is 0 Å². The fourth-order valence-electron chi connectivity index (χ4n) is 0.727. The minimum Gasteiger partial charge on any atom is -1.00 e. The van der Waals surface area contributed by atoms with Gasteiger partial charge >= 0.3 is 6.03 Å². The Labute approximate surface area is 90.5 Å². The molecule has 0 saturated heterocycles. The minimum absolute atomic E-state index is 0. The maximum Gasteiger partial charge on any atom is 0.361 e. The number of nitrogens with one attached hydrogen (secondary N) is 1. The first kappa shape index (κ1) is 14.9. The lowest BCUT2D eigenvalue weighted by Crippen LogP contribution is -3.00. The van der Waals surface area contributed by atoms with Gasteiger partial charge in [0.2, 0.25) is 0 Å². The van der Waals surface area contributed by atoms with E-state index in [-0.39, 0.29) is 23.0 Å². The zero-order valence-corrected chi connectivity index (χ0v) is 10.3. The summed E-state index contributed by atoms with van der Waals surface area (Å²) >= 11 is 0. The Morgan fingerprint density at radius 1 is 1.54 bits per heavy atom. The number of hydrogen-bond donors (Lipinski definition) is 1. The third-order valence-corrected chi connectivity index (χ3v) is 1.39. The molecular formula is C8H18BrN3O. The van der Waals surface area contributed by atoms with Crippen LogP contribution >= 0.6 is 0 Å². The summed E-state index contributed by atoms with van der Waals surface area (Å²) in [7, 11) is 7.23. The zero-order chi connectivity index (χ0) is 9.78. The molecule has 5 heteroatoms. The van der Waals surface area contributed by atoms with E-state index in [1.807, 2.05) is 14.1 Å². The van der Waals surface area contributed by atoms with Gasteiger partial charge in [0, 0.05) is 14.1 Å². The number of amides is 2. The summed E-state index contributed by atoms with van der Waals surface area (Å²) in [6, 6.07) is -0.0955. The van der Waals surface area contributed by atoms with Crippen molar-refractivity contribution in [3.05, 3.63) is 12.7 Å². The number of carbonyl (C=O) groups is 1. The summed E-state index contributed by atoms with van der Waals surface area (Å²) < 4.78 is 0.417. The number of hydrogen-bond acceptors (Lipinski definition) is 1. The Morgan fingerprint density at radius 3 is 2.31 bits per heavy atom. The Bertz CT molecular complexity index is 180. The molecular weight excluding hydrogens is 234 g/mol. The van der Waals surface area contributed by atoms with Crippen LogP contribution in [0.25, 0.3) is 0 Å². The molecule has 0 spiro atoms. The molecule has 0 aliphatic heterocycles. The van der Waals surface area contributed by atoms with Gasteiger partial charge in [0.05, 0.1) is 14.1 Å². The van der Waals surface area contributed by atoms with Crippen LogP contribution in [0.1, 0.15) is 0 Å². The summed E-state index contributed by atoms with van der Waals surface area (Å²) in [6.07, 6.45) is 1.77. The van der Waals surface area contributed by atoms with Gasteiger partial charge in [-0.1, -0.05) is 6.58 Å². The van der Waals surface area contributed by atoms with Crippen molar-refractivity contribution < 1.29 is 26.4 Å². The average Bonchev–Trinajstić information content (AvgIpc) is 1.85. The molecule has 1 N–H and O–H groups in total. The van der Waals surface area contributed by atoms with Crippen LogP contribution in [-0.2, 0) is 0 Å². The van der Waals surface area contributed by atoms with Gasteiger partial charge in [-0.05, 0) is 6.08 Å². The van der Waals surface area contributed by atoms with Gasteiger partial charge < -0.3 is 21.9 Å². The maximum absolute atomic E-state index is 11.2. The van der Waals surface area contributed by atoms with E-state index in [1.165, 1.54) is 4.90 Å². The Balaban J connectivity index is 0. The summed E-state index contributed by atoms with van der Waals surface area (Å²) in [5.74, 6) is 0. The van der Waals surface area contributed by atoms with E-state index in [0.29, 0.717) is 11.1 Å². The molecule has 0 aromatic carbocycles. The summed E-state index contributed by atoms with van der Waals surface area (Å²) in [5.41, 5.74) is 2.81. The largest absolute Gasteiger partial charge is 1.00 e. The van der Waals surface area contributed by atoms with Crippen LogP contribution in [0.3, 0.4) is 0 Å². The van der Waals surface area contributed by atoms with E-state index in [9.17, 15) is 4.79 Å². The topological polar surface area (TPSA) is 32.3 Å². The number of urea groups is 1. The summed E-state index contributed by atoms with van der Waals surface area (Å²) in [5, 5.41) is 0. The number of nitrogens with zero attached hydrogens (tertiary/aromatic N) is 2. The SMILES string of the molecule is C=CC[N+](C)(C)NC(=O)N(C)C.[Br-]. The van der Waals surface area contributed by atoms with Crippen molar-refractivity contribution in [1.82, 2.24) is 10.3 Å². The molecule has 0 heterocycles. The molecule has 0 aromatic rings. The fraction of sp³-hybridized carbons (Fsp3) is 0.625. The van der Waals surface area contributed by atoms with Crippen LogP contribution in [0.2, 0.25) is 0 Å². The maximum atomic E-state index is 11.2. The van der Waals surface area contributed by atoms with Gasteiger partial charge in [-0.25, -0.2) is 9.39 Å². The number of rotatable bonds is 3. The molecule has 0 aliphatic carbocycles. The van der Waals surface area contributed by atoms with Gasteiger partial charge in [-0.3, -0.25) is 0 Å². The predicted octanol–water partition coefficient (Wildman–Crippen LogP) is -2.56. The number of carbonyl (C=O) groups excluding carboxylic acids is 1. The number of likely N-dealkylation sites (N-methyl/N-ethyl adjacent to an activating group) is 1. The summed E-state index contributed by atoms with van der Waals surface area (Å²) in [4.78, 5) is 12.7. The molecule has 13 heavy (non-hydrogen) atoms. The van der Waals surface area contributed by atoms with E-state index in [1.54, 1.807) is 20.2 Å². The normalized spacial score (nSPS) is 9.85. The molecule has 0 rings (SSSR count). The second-order valence-corrected chi connectivity index (χ2v) is 3.47. The van der Waals surface area contributed by atoms with Crippen molar-refractivity contribution in [3.8, 4) is 0 Å². The summed E-state index contributed by atoms with van der Waals surface area (Å²) in [6.45, 7) is 4.33. The lowest BCUT2D eigenvalue weighted by atomic mass is 10.5. The first-order valence-corrected chi connectivity index (χ1v) is 3.82. The van der Waals surface area contributed by atoms with E-state index in [4.69, 9.17) is 0 Å². The Morgan fingerprint density at radius 2 is 2.00 bits per heavy atom. The van der Waals surface area contributed by atoms with Gasteiger partial charge in [-0.15, -0.1) is 0 Å². The van der Waals surface area contributed by atoms with Crippen molar-refractivity contribution in [2.75, 3.05) is 34.7 Å². The Kier molecular flexibility index (Phi) is 6.89. The lowest BCUT2D eigenvalue weighted by Gasteiger charge is -2.28. The van der Waals surface area contributed by atoms with E-state index in [2.05, 4.69) is 12.0 Å². The highest BCUT2D eigenvalue weighted by Crippen LogP contribution is 1.91. The van der Waals surface area contributed by atoms with Gasteiger partial charge in [0.1, 0.15) is 6.54 Å². The first-order valence-electron chi connectivity index (χ1n) is 3.82. The highest BCUT2D eigenvalue weighted by Gasteiger charge is 2.17. The van der Waals surface area contributed by atoms with Crippen molar-refractivity contribution in [2.45, 2.75) is 0 Å². The van der Waals surface area contributed by atoms with Gasteiger partial charge in [-0.2, -0.15) is 5.43 Å². The smallest absolute Gasteiger partial charge is 0.361 e. The van der Waals surface area contributed by atoms with Crippen LogP contribution < -0.4 is 22.4 Å². The Hall–Kier alpha value is -0.550. The lowest BCUT2D eigenvalue weighted by molar-refractivity contribution is -0.919. The fourth-order valence-corrected chi connectivity index (χ4v) is 0.727. The van der Waals surface area contributed by atoms with E-state index in [0.717, 1.165) is 0 Å². The number of quaternary nitrogens is 1. The number of halogens is 1. The molecule has 0 atom stereocenters. The molecule has 2 amide bonds. The predicted molar refractivity (Wildman–Crippen MR) is 49.4 cm³/mol. The van der Waals surface area contributed by atoms with Gasteiger partial charge in [0.25, 0.3) is 0 Å². The molecule has 4 nitrogen and oxygen atoms in total. The molecule has 0 saturated carbocycles. The first-order chi connectivity index (χ1) is 5.39. The van der Waals surface area contributed by atoms with Crippen LogP contribution in [0.5, 0.6) is 0 Å². The van der Waals surface area contributed by atoms with Crippen LogP contribution in [0.4, 0.5) is 4.79 Å². The van der Waals surface area contributed by atoms with Crippen molar-refractivity contribution in [2.24, 2.45) is 0 Å². The van der Waals surface area contributed by atoms with E-state index >= 15 is 0 Å². The van der Waals surface area contributed by atoms with Gasteiger partial charge in [0.15, 0.2) is 0 Å². The van der Waals surface area contributed by atoms with Crippen LogP contribution in [0, 0.1) is 0 Å². The molecule has 0 aromatic heterocycles. The van der Waals surface area contributed by atoms with Crippen LogP contribution in [-0.4, -0.2) is 50.3 Å². The standard InChI is InChI=1S/C8H17N3O.BrH/c1-6-7-11(4,5)9-8(12)10(2)3;/h6H,1,7H2,2-5H3;1H. The molecule has 0 bridgehead atoms. The molecule has 0 aliphatic rings. The molecule has 0 fully saturated rings. The second-order valence-electron chi connectivity index (χ2n) is 3.47. The third kappa shape index (κ3) is 6.60. The molecule has 0 unspecified atom stereocenters. The van der Waals surface area contributed by atoms with Crippen LogP contribution in [0.15, 0.2) is 12.7 Å². The van der Waals surface area contributed by atoms with Crippen molar-refractivity contribution >= 4 is 6.03 Å². The minimum atomic E-state index is -0.0955. The highest BCUT2D eigenvalue weighted by molar-refractivity contribution is 5.72. The van der Waals surface area contributed by atoms with Crippen molar-refractivity contribution in [3.63, 3.8) is 0 Å². The average molecular weight is 252 g/mol. The zero-order valence-electron chi connectivity index (χ0n) is 8.67.